The van der Waals surface area contributed by atoms with E-state index in [1.54, 1.807) is 11.8 Å². The summed E-state index contributed by atoms with van der Waals surface area (Å²) in [5.41, 5.74) is 12.3. The molecule has 4 aromatic rings. The summed E-state index contributed by atoms with van der Waals surface area (Å²) in [7, 11) is 0. The van der Waals surface area contributed by atoms with Gasteiger partial charge in [0.05, 0.1) is 11.8 Å². The molecule has 8 heteroatoms. The van der Waals surface area contributed by atoms with Crippen LogP contribution in [-0.2, 0) is 17.8 Å². The van der Waals surface area contributed by atoms with E-state index in [4.69, 9.17) is 5.73 Å². The maximum Gasteiger partial charge on any atom is 0.240 e. The van der Waals surface area contributed by atoms with Gasteiger partial charge >= 0.3 is 0 Å². The van der Waals surface area contributed by atoms with Crippen molar-refractivity contribution in [3.8, 4) is 22.5 Å². The zero-order valence-corrected chi connectivity index (χ0v) is 22.0. The Morgan fingerprint density at radius 3 is 2.49 bits per heavy atom. The minimum absolute atomic E-state index is 0.0733. The molecule has 7 nitrogen and oxygen atoms in total. The van der Waals surface area contributed by atoms with Crippen molar-refractivity contribution in [2.75, 3.05) is 10.7 Å². The van der Waals surface area contributed by atoms with E-state index in [-0.39, 0.29) is 16.7 Å². The van der Waals surface area contributed by atoms with Gasteiger partial charge in [-0.2, -0.15) is 5.21 Å². The van der Waals surface area contributed by atoms with E-state index in [0.717, 1.165) is 53.0 Å². The number of hydrogen-bond donors (Lipinski definition) is 2. The summed E-state index contributed by atoms with van der Waals surface area (Å²) < 4.78 is 0. The predicted octanol–water partition coefficient (Wildman–Crippen LogP) is 5.24. The number of H-pyrrole nitrogens is 1. The molecule has 1 aliphatic rings. The standard InChI is InChI=1S/C29H32N6OS/c1-29(2,30)17-18-37-26-16-15-22-7-3-6-10-25(22)35(28(26)36)19-20-11-13-21(14-12-20)23-8-4-5-9-24(23)27-31-33-34-32-27/h3-14,26H,15-19,30H2,1-2H3,(H,31,32,33,34). The highest BCUT2D eigenvalue weighted by molar-refractivity contribution is 8.00. The van der Waals surface area contributed by atoms with Gasteiger partial charge in [0.2, 0.25) is 11.7 Å². The van der Waals surface area contributed by atoms with Crippen molar-refractivity contribution in [3.05, 3.63) is 83.9 Å². The third-order valence-electron chi connectivity index (χ3n) is 6.68. The van der Waals surface area contributed by atoms with Crippen molar-refractivity contribution in [2.45, 2.75) is 50.4 Å². The van der Waals surface area contributed by atoms with Crippen LogP contribution >= 0.6 is 11.8 Å². The van der Waals surface area contributed by atoms with E-state index in [0.29, 0.717) is 12.4 Å². The number of nitrogens with zero attached hydrogens (tertiary/aromatic N) is 4. The molecule has 3 N–H and O–H groups in total. The Morgan fingerprint density at radius 2 is 1.76 bits per heavy atom. The number of aryl methyl sites for hydroxylation is 1. The maximum absolute atomic E-state index is 13.8. The van der Waals surface area contributed by atoms with Crippen LogP contribution in [0.4, 0.5) is 5.69 Å². The topological polar surface area (TPSA) is 101 Å². The number of para-hydroxylation sites is 1. The first kappa shape index (κ1) is 25.2. The lowest BCUT2D eigenvalue weighted by Crippen LogP contribution is -2.37. The number of carbonyl (C=O) groups is 1. The molecule has 5 rings (SSSR count). The number of aromatic amines is 1. The maximum atomic E-state index is 13.8. The van der Waals surface area contributed by atoms with E-state index in [1.165, 1.54) is 5.56 Å². The first-order valence-electron chi connectivity index (χ1n) is 12.6. The zero-order chi connectivity index (χ0) is 25.8. The lowest BCUT2D eigenvalue weighted by Gasteiger charge is -2.26. The number of rotatable bonds is 8. The van der Waals surface area contributed by atoms with Gasteiger partial charge in [0, 0.05) is 16.8 Å². The van der Waals surface area contributed by atoms with Gasteiger partial charge in [0.25, 0.3) is 0 Å². The van der Waals surface area contributed by atoms with Crippen LogP contribution in [0.2, 0.25) is 0 Å². The fourth-order valence-corrected chi connectivity index (χ4v) is 6.13. The van der Waals surface area contributed by atoms with Crippen LogP contribution in [0.15, 0.2) is 72.8 Å². The van der Waals surface area contributed by atoms with E-state index < -0.39 is 0 Å². The quantitative estimate of drug-likeness (QED) is 0.335. The number of benzene rings is 3. The second-order valence-corrected chi connectivity index (χ2v) is 11.5. The molecule has 37 heavy (non-hydrogen) atoms. The highest BCUT2D eigenvalue weighted by Gasteiger charge is 2.31. The van der Waals surface area contributed by atoms with Crippen LogP contribution < -0.4 is 10.6 Å². The Kier molecular flexibility index (Phi) is 7.39. The number of thioether (sulfide) groups is 1. The predicted molar refractivity (Wildman–Crippen MR) is 150 cm³/mol. The second-order valence-electron chi connectivity index (χ2n) is 10.2. The highest BCUT2D eigenvalue weighted by atomic mass is 32.2. The molecule has 2 heterocycles. The van der Waals surface area contributed by atoms with Gasteiger partial charge in [-0.15, -0.1) is 22.0 Å². The fraction of sp³-hybridized carbons (Fsp3) is 0.310. The number of carbonyl (C=O) groups excluding carboxylic acids is 1. The molecular formula is C29H32N6OS. The normalized spacial score (nSPS) is 15.9. The molecule has 3 aromatic carbocycles. The number of nitrogens with one attached hydrogen (secondary N) is 1. The molecule has 1 atom stereocenters. The van der Waals surface area contributed by atoms with Gasteiger partial charge in [0.15, 0.2) is 0 Å². The summed E-state index contributed by atoms with van der Waals surface area (Å²) in [6.07, 6.45) is 2.61. The SMILES string of the molecule is CC(C)(N)CCSC1CCc2ccccc2N(Cc2ccc(-c3ccccc3-c3nn[nH]n3)cc2)C1=O. The first-order chi connectivity index (χ1) is 17.9. The summed E-state index contributed by atoms with van der Waals surface area (Å²) in [5.74, 6) is 1.61. The Morgan fingerprint density at radius 1 is 1.03 bits per heavy atom. The molecule has 0 saturated carbocycles. The molecule has 1 unspecified atom stereocenters. The van der Waals surface area contributed by atoms with Gasteiger partial charge in [-0.3, -0.25) is 4.79 Å². The molecule has 0 saturated heterocycles. The second kappa shape index (κ2) is 10.9. The van der Waals surface area contributed by atoms with Gasteiger partial charge in [0.1, 0.15) is 0 Å². The van der Waals surface area contributed by atoms with E-state index in [1.807, 2.05) is 43.0 Å². The number of hydrogen-bond acceptors (Lipinski definition) is 6. The van der Waals surface area contributed by atoms with Crippen molar-refractivity contribution in [2.24, 2.45) is 5.73 Å². The molecule has 0 radical (unpaired) electrons. The summed E-state index contributed by atoms with van der Waals surface area (Å²) >= 11 is 1.74. The van der Waals surface area contributed by atoms with E-state index >= 15 is 0 Å². The Labute approximate surface area is 221 Å². The largest absolute Gasteiger partial charge is 0.326 e. The molecule has 0 fully saturated rings. The highest BCUT2D eigenvalue weighted by Crippen LogP contribution is 2.34. The Bertz CT molecular complexity index is 1350. The first-order valence-corrected chi connectivity index (χ1v) is 13.7. The van der Waals surface area contributed by atoms with Crippen molar-refractivity contribution < 1.29 is 4.79 Å². The van der Waals surface area contributed by atoms with Crippen LogP contribution in [0.5, 0.6) is 0 Å². The Hall–Kier alpha value is -3.49. The summed E-state index contributed by atoms with van der Waals surface area (Å²) in [6.45, 7) is 4.60. The minimum atomic E-state index is -0.229. The van der Waals surface area contributed by atoms with Crippen LogP contribution in [0.25, 0.3) is 22.5 Å². The number of nitrogens with two attached hydrogens (primary N) is 1. The zero-order valence-electron chi connectivity index (χ0n) is 21.2. The third kappa shape index (κ3) is 5.92. The number of anilines is 1. The van der Waals surface area contributed by atoms with Crippen molar-refractivity contribution in [1.82, 2.24) is 20.6 Å². The molecule has 0 aliphatic carbocycles. The molecule has 1 aliphatic heterocycles. The number of amides is 1. The number of tetrazole rings is 1. The van der Waals surface area contributed by atoms with Crippen molar-refractivity contribution in [1.29, 1.82) is 0 Å². The number of aromatic nitrogens is 4. The summed E-state index contributed by atoms with van der Waals surface area (Å²) in [5, 5.41) is 14.4. The average Bonchev–Trinajstić information content (AvgIpc) is 3.40. The molecular weight excluding hydrogens is 480 g/mol. The lowest BCUT2D eigenvalue weighted by molar-refractivity contribution is -0.118. The van der Waals surface area contributed by atoms with Gasteiger partial charge in [-0.05, 0) is 72.4 Å². The molecule has 1 aromatic heterocycles. The number of fused-ring (bicyclic) bond motifs is 1. The molecule has 0 spiro atoms. The van der Waals surface area contributed by atoms with Gasteiger partial charge in [-0.25, -0.2) is 0 Å². The van der Waals surface area contributed by atoms with Crippen LogP contribution in [-0.4, -0.2) is 43.1 Å². The molecule has 190 valence electrons. The third-order valence-corrected chi connectivity index (χ3v) is 7.96. The minimum Gasteiger partial charge on any atom is -0.326 e. The van der Waals surface area contributed by atoms with E-state index in [9.17, 15) is 4.79 Å². The molecule has 0 bridgehead atoms. The van der Waals surface area contributed by atoms with Crippen LogP contribution in [0.1, 0.15) is 37.8 Å². The Balaban J connectivity index is 1.38. The van der Waals surface area contributed by atoms with Crippen molar-refractivity contribution in [3.63, 3.8) is 0 Å². The van der Waals surface area contributed by atoms with E-state index in [2.05, 4.69) is 69.2 Å². The van der Waals surface area contributed by atoms with Gasteiger partial charge in [-0.1, -0.05) is 66.7 Å². The monoisotopic (exact) mass is 512 g/mol. The van der Waals surface area contributed by atoms with Gasteiger partial charge < -0.3 is 10.6 Å². The molecule has 1 amide bonds. The van der Waals surface area contributed by atoms with Crippen molar-refractivity contribution >= 4 is 23.4 Å². The smallest absolute Gasteiger partial charge is 0.240 e. The lowest BCUT2D eigenvalue weighted by atomic mass is 9.98. The van der Waals surface area contributed by atoms with Crippen LogP contribution in [0.3, 0.4) is 0 Å². The fourth-order valence-electron chi connectivity index (χ4n) is 4.65. The summed E-state index contributed by atoms with van der Waals surface area (Å²) in [4.78, 5) is 15.8. The van der Waals surface area contributed by atoms with Crippen LogP contribution in [0, 0.1) is 0 Å². The average molecular weight is 513 g/mol. The summed E-state index contributed by atoms with van der Waals surface area (Å²) in [6, 6.07) is 24.7.